The fraction of sp³-hybridized carbons (Fsp3) is 1.00. The first kappa shape index (κ1) is 7.98. The highest BCUT2D eigenvalue weighted by molar-refractivity contribution is 4.68. The summed E-state index contributed by atoms with van der Waals surface area (Å²) < 4.78 is 0. The van der Waals surface area contributed by atoms with E-state index in [-0.39, 0.29) is 0 Å². The van der Waals surface area contributed by atoms with Crippen molar-refractivity contribution in [1.82, 2.24) is 10.8 Å². The van der Waals surface area contributed by atoms with Gasteiger partial charge in [0.25, 0.3) is 0 Å². The molecule has 60 valence electrons. The first-order valence-electron chi connectivity index (χ1n) is 4.01. The Morgan fingerprint density at radius 2 is 2.50 bits per heavy atom. The van der Waals surface area contributed by atoms with Crippen LogP contribution in [0.4, 0.5) is 0 Å². The van der Waals surface area contributed by atoms with Crippen molar-refractivity contribution >= 4 is 0 Å². The Labute approximate surface area is 61.8 Å². The van der Waals surface area contributed by atoms with Crippen molar-refractivity contribution in [3.8, 4) is 0 Å². The van der Waals surface area contributed by atoms with E-state index >= 15 is 0 Å². The molecule has 1 heterocycles. The minimum Gasteiger partial charge on any atom is -0.317 e. The Hall–Kier alpha value is -0.120. The van der Waals surface area contributed by atoms with Gasteiger partial charge in [0.05, 0.1) is 0 Å². The van der Waals surface area contributed by atoms with Crippen LogP contribution in [-0.2, 0) is 0 Å². The van der Waals surface area contributed by atoms with Crippen LogP contribution in [0.1, 0.15) is 19.3 Å². The van der Waals surface area contributed by atoms with Crippen molar-refractivity contribution in [2.45, 2.75) is 19.3 Å². The molecule has 1 rings (SSSR count). The molecule has 1 aliphatic heterocycles. The summed E-state index contributed by atoms with van der Waals surface area (Å²) >= 11 is 0. The predicted octanol–water partition coefficient (Wildman–Crippen LogP) is 0.355. The number of hydroxylamine groups is 1. The zero-order chi connectivity index (χ0) is 7.23. The first-order chi connectivity index (χ1) is 4.93. The summed E-state index contributed by atoms with van der Waals surface area (Å²) in [5.41, 5.74) is 2.19. The molecule has 0 radical (unpaired) electrons. The van der Waals surface area contributed by atoms with Crippen LogP contribution in [0.15, 0.2) is 0 Å². The summed E-state index contributed by atoms with van der Waals surface area (Å²) in [6.07, 6.45) is 3.69. The van der Waals surface area contributed by atoms with Crippen molar-refractivity contribution in [1.29, 1.82) is 0 Å². The van der Waals surface area contributed by atoms with Crippen molar-refractivity contribution in [3.05, 3.63) is 0 Å². The van der Waals surface area contributed by atoms with Gasteiger partial charge in [0.2, 0.25) is 0 Å². The molecule has 1 saturated heterocycles. The van der Waals surface area contributed by atoms with Gasteiger partial charge in [0.1, 0.15) is 0 Å². The molecule has 1 aliphatic rings. The summed E-state index contributed by atoms with van der Waals surface area (Å²) in [5.74, 6) is 0.772. The Morgan fingerprint density at radius 1 is 1.60 bits per heavy atom. The maximum Gasteiger partial charge on any atom is 0.0210 e. The van der Waals surface area contributed by atoms with E-state index in [1.165, 1.54) is 19.4 Å². The lowest BCUT2D eigenvalue weighted by Crippen LogP contribution is -2.31. The Bertz CT molecular complexity index is 81.7. The van der Waals surface area contributed by atoms with Gasteiger partial charge in [-0.2, -0.15) is 0 Å². The fourth-order valence-corrected chi connectivity index (χ4v) is 1.44. The van der Waals surface area contributed by atoms with Crippen molar-refractivity contribution < 1.29 is 5.21 Å². The molecule has 0 aromatic heterocycles. The van der Waals surface area contributed by atoms with Crippen molar-refractivity contribution in [2.75, 3.05) is 19.6 Å². The van der Waals surface area contributed by atoms with Gasteiger partial charge in [-0.3, -0.25) is 0 Å². The van der Waals surface area contributed by atoms with E-state index in [0.29, 0.717) is 0 Å². The van der Waals surface area contributed by atoms with Crippen molar-refractivity contribution in [3.63, 3.8) is 0 Å². The normalized spacial score (nSPS) is 26.7. The molecular formula is C7H16N2O. The van der Waals surface area contributed by atoms with Crippen LogP contribution < -0.4 is 10.8 Å². The maximum atomic E-state index is 8.33. The Kier molecular flexibility index (Phi) is 3.72. The SMILES string of the molecule is ONCCC1CCCNC1. The second-order valence-corrected chi connectivity index (χ2v) is 2.91. The summed E-state index contributed by atoms with van der Waals surface area (Å²) in [5, 5.41) is 11.7. The largest absolute Gasteiger partial charge is 0.317 e. The lowest BCUT2D eigenvalue weighted by molar-refractivity contribution is 0.156. The quantitative estimate of drug-likeness (QED) is 0.501. The molecule has 3 heteroatoms. The smallest absolute Gasteiger partial charge is 0.0210 e. The lowest BCUT2D eigenvalue weighted by atomic mass is 9.96. The third-order valence-corrected chi connectivity index (χ3v) is 2.06. The molecular weight excluding hydrogens is 128 g/mol. The van der Waals surface area contributed by atoms with E-state index in [9.17, 15) is 0 Å². The first-order valence-corrected chi connectivity index (χ1v) is 4.01. The summed E-state index contributed by atoms with van der Waals surface area (Å²) in [7, 11) is 0. The number of nitrogens with one attached hydrogen (secondary N) is 2. The predicted molar refractivity (Wildman–Crippen MR) is 40.0 cm³/mol. The number of hydrogen-bond acceptors (Lipinski definition) is 3. The van der Waals surface area contributed by atoms with Gasteiger partial charge in [-0.1, -0.05) is 0 Å². The summed E-state index contributed by atoms with van der Waals surface area (Å²) in [6, 6.07) is 0. The van der Waals surface area contributed by atoms with Crippen LogP contribution in [0.25, 0.3) is 0 Å². The monoisotopic (exact) mass is 144 g/mol. The van der Waals surface area contributed by atoms with Crippen LogP contribution >= 0.6 is 0 Å². The Balaban J connectivity index is 2.02. The summed E-state index contributed by atoms with van der Waals surface area (Å²) in [4.78, 5) is 0. The van der Waals surface area contributed by atoms with Gasteiger partial charge in [0.15, 0.2) is 0 Å². The molecule has 0 spiro atoms. The third kappa shape index (κ3) is 2.64. The second kappa shape index (κ2) is 4.66. The maximum absolute atomic E-state index is 8.33. The molecule has 1 fully saturated rings. The third-order valence-electron chi connectivity index (χ3n) is 2.06. The molecule has 0 aromatic rings. The minimum atomic E-state index is 0.729. The number of rotatable bonds is 3. The van der Waals surface area contributed by atoms with E-state index in [1.54, 1.807) is 0 Å². The zero-order valence-electron chi connectivity index (χ0n) is 6.27. The van der Waals surface area contributed by atoms with E-state index in [0.717, 1.165) is 25.4 Å². The van der Waals surface area contributed by atoms with Gasteiger partial charge >= 0.3 is 0 Å². The molecule has 0 aromatic carbocycles. The van der Waals surface area contributed by atoms with Crippen molar-refractivity contribution in [2.24, 2.45) is 5.92 Å². The Morgan fingerprint density at radius 3 is 3.10 bits per heavy atom. The molecule has 0 aliphatic carbocycles. The fourth-order valence-electron chi connectivity index (χ4n) is 1.44. The number of hydrogen-bond donors (Lipinski definition) is 3. The average Bonchev–Trinajstić information content (AvgIpc) is 2.03. The molecule has 0 bridgehead atoms. The van der Waals surface area contributed by atoms with Crippen LogP contribution in [0.3, 0.4) is 0 Å². The van der Waals surface area contributed by atoms with Crippen LogP contribution in [-0.4, -0.2) is 24.8 Å². The standard InChI is InChI=1S/C7H16N2O/c10-9-5-3-7-2-1-4-8-6-7/h7-10H,1-6H2. The molecule has 0 saturated carbocycles. The highest BCUT2D eigenvalue weighted by atomic mass is 16.5. The highest BCUT2D eigenvalue weighted by Gasteiger charge is 2.11. The molecule has 10 heavy (non-hydrogen) atoms. The van der Waals surface area contributed by atoms with E-state index in [2.05, 4.69) is 10.8 Å². The van der Waals surface area contributed by atoms with E-state index in [1.807, 2.05) is 0 Å². The molecule has 3 nitrogen and oxygen atoms in total. The van der Waals surface area contributed by atoms with Gasteiger partial charge < -0.3 is 10.5 Å². The minimum absolute atomic E-state index is 0.729. The summed E-state index contributed by atoms with van der Waals surface area (Å²) in [6.45, 7) is 3.02. The van der Waals surface area contributed by atoms with Crippen LogP contribution in [0.2, 0.25) is 0 Å². The molecule has 1 unspecified atom stereocenters. The molecule has 1 atom stereocenters. The second-order valence-electron chi connectivity index (χ2n) is 2.91. The van der Waals surface area contributed by atoms with Gasteiger partial charge in [-0.15, -0.1) is 0 Å². The lowest BCUT2D eigenvalue weighted by Gasteiger charge is -2.21. The van der Waals surface area contributed by atoms with Crippen LogP contribution in [0.5, 0.6) is 0 Å². The van der Waals surface area contributed by atoms with Gasteiger partial charge in [-0.25, -0.2) is 5.48 Å². The average molecular weight is 144 g/mol. The van der Waals surface area contributed by atoms with Gasteiger partial charge in [0, 0.05) is 6.54 Å². The topological polar surface area (TPSA) is 44.3 Å². The molecule has 0 amide bonds. The van der Waals surface area contributed by atoms with Crippen LogP contribution in [0, 0.1) is 5.92 Å². The zero-order valence-corrected chi connectivity index (χ0v) is 6.27. The highest BCUT2D eigenvalue weighted by Crippen LogP contribution is 2.12. The van der Waals surface area contributed by atoms with Gasteiger partial charge in [-0.05, 0) is 38.3 Å². The van der Waals surface area contributed by atoms with E-state index in [4.69, 9.17) is 5.21 Å². The number of piperidine rings is 1. The molecule has 3 N–H and O–H groups in total. The van der Waals surface area contributed by atoms with E-state index < -0.39 is 0 Å².